The molecule has 2 unspecified atom stereocenters. The Hall–Kier alpha value is -1.63. The van der Waals surface area contributed by atoms with Crippen LogP contribution in [0.15, 0.2) is 60.7 Å². The Morgan fingerprint density at radius 3 is 1.74 bits per heavy atom. The van der Waals surface area contributed by atoms with Crippen molar-refractivity contribution in [1.82, 2.24) is 0 Å². The molecule has 0 saturated carbocycles. The molecule has 2 aliphatic heterocycles. The summed E-state index contributed by atoms with van der Waals surface area (Å²) in [4.78, 5) is 0. The van der Waals surface area contributed by atoms with Gasteiger partial charge in [0, 0.05) is 25.7 Å². The lowest BCUT2D eigenvalue weighted by Crippen LogP contribution is -2.55. The van der Waals surface area contributed by atoms with Crippen molar-refractivity contribution in [2.24, 2.45) is 5.92 Å². The van der Waals surface area contributed by atoms with E-state index in [1.807, 2.05) is 12.1 Å². The number of rotatable bonds is 4. The third kappa shape index (κ3) is 3.46. The summed E-state index contributed by atoms with van der Waals surface area (Å²) in [7, 11) is 4.81. The molecule has 0 N–H and O–H groups in total. The predicted molar refractivity (Wildman–Crippen MR) is 116 cm³/mol. The van der Waals surface area contributed by atoms with Gasteiger partial charge in [-0.05, 0) is 23.5 Å². The lowest BCUT2D eigenvalue weighted by molar-refractivity contribution is -0.931. The van der Waals surface area contributed by atoms with Crippen molar-refractivity contribution in [3.8, 4) is 6.07 Å². The van der Waals surface area contributed by atoms with E-state index >= 15 is 0 Å². The molecule has 27 heavy (non-hydrogen) atoms. The van der Waals surface area contributed by atoms with Crippen LogP contribution in [-0.4, -0.2) is 30.7 Å². The van der Waals surface area contributed by atoms with Gasteiger partial charge in [0.05, 0.1) is 32.2 Å². The van der Waals surface area contributed by atoms with Crippen molar-refractivity contribution >= 4 is 17.0 Å². The summed E-state index contributed by atoms with van der Waals surface area (Å²) in [6, 6.07) is 25.2. The van der Waals surface area contributed by atoms with Crippen LogP contribution in [0.1, 0.15) is 43.2 Å². The first-order valence-electron chi connectivity index (χ1n) is 9.92. The lowest BCUT2D eigenvalue weighted by Gasteiger charge is -2.45. The molecule has 2 aromatic rings. The first-order chi connectivity index (χ1) is 12.6. The molecule has 2 saturated heterocycles. The second kappa shape index (κ2) is 7.78. The van der Waals surface area contributed by atoms with Crippen molar-refractivity contribution in [3.63, 3.8) is 0 Å². The Bertz CT molecular complexity index is 739. The topological polar surface area (TPSA) is 23.8 Å². The molecule has 0 aromatic heterocycles. The molecular formula is C24H30BrN2+. The summed E-state index contributed by atoms with van der Waals surface area (Å²) in [5.41, 5.74) is 1.74. The molecule has 2 atom stereocenters. The highest BCUT2D eigenvalue weighted by molar-refractivity contribution is 8.93. The van der Waals surface area contributed by atoms with Crippen LogP contribution < -0.4 is 0 Å². The molecule has 2 aromatic carbocycles. The van der Waals surface area contributed by atoms with E-state index in [1.54, 1.807) is 0 Å². The van der Waals surface area contributed by atoms with Gasteiger partial charge < -0.3 is 4.48 Å². The standard InChI is InChI=1S/C24H29N2.BrH/c1-26(2)22-13-14-23(26)16-19(15-22)17-24(18-25,20-9-5-3-6-10-20)21-11-7-4-8-12-21;/h3-12,19,22-23H,13-17H2,1-2H3;1H/q+1;. The van der Waals surface area contributed by atoms with E-state index in [-0.39, 0.29) is 17.0 Å². The Kier molecular flexibility index (Phi) is 5.79. The predicted octanol–water partition coefficient (Wildman–Crippen LogP) is 5.48. The van der Waals surface area contributed by atoms with E-state index in [0.717, 1.165) is 29.6 Å². The van der Waals surface area contributed by atoms with Gasteiger partial charge in [-0.1, -0.05) is 60.7 Å². The summed E-state index contributed by atoms with van der Waals surface area (Å²) >= 11 is 0. The zero-order chi connectivity index (χ0) is 18.2. The molecule has 2 fully saturated rings. The molecule has 0 spiro atoms. The molecule has 4 rings (SSSR count). The zero-order valence-corrected chi connectivity index (χ0v) is 18.1. The van der Waals surface area contributed by atoms with Gasteiger partial charge in [-0.3, -0.25) is 0 Å². The smallest absolute Gasteiger partial charge is 0.107 e. The van der Waals surface area contributed by atoms with E-state index in [1.165, 1.54) is 30.2 Å². The SMILES string of the molecule is Br.C[N+]1(C)C2CCC1CC(CC(C#N)(c1ccccc1)c1ccccc1)C2. The summed E-state index contributed by atoms with van der Waals surface area (Å²) in [5, 5.41) is 10.4. The third-order valence-electron chi connectivity index (χ3n) is 7.25. The normalized spacial score (nSPS) is 26.0. The van der Waals surface area contributed by atoms with Gasteiger partial charge in [0.2, 0.25) is 0 Å². The number of piperidine rings is 1. The van der Waals surface area contributed by atoms with Gasteiger partial charge in [-0.15, -0.1) is 17.0 Å². The highest BCUT2D eigenvalue weighted by Gasteiger charge is 2.50. The van der Waals surface area contributed by atoms with Crippen LogP contribution in [-0.2, 0) is 5.41 Å². The van der Waals surface area contributed by atoms with Crippen LogP contribution in [0.25, 0.3) is 0 Å². The number of hydrogen-bond acceptors (Lipinski definition) is 1. The van der Waals surface area contributed by atoms with Gasteiger partial charge in [0.15, 0.2) is 0 Å². The summed E-state index contributed by atoms with van der Waals surface area (Å²) in [5.74, 6) is 0.624. The van der Waals surface area contributed by atoms with Gasteiger partial charge in [-0.2, -0.15) is 5.26 Å². The average molecular weight is 426 g/mol. The lowest BCUT2D eigenvalue weighted by atomic mass is 9.67. The quantitative estimate of drug-likeness (QED) is 0.594. The van der Waals surface area contributed by atoms with Gasteiger partial charge in [-0.25, -0.2) is 0 Å². The number of nitriles is 1. The maximum Gasteiger partial charge on any atom is 0.107 e. The second-order valence-electron chi connectivity index (χ2n) is 8.80. The molecule has 0 amide bonds. The van der Waals surface area contributed by atoms with Crippen molar-refractivity contribution in [2.75, 3.05) is 14.1 Å². The average Bonchev–Trinajstić information content (AvgIpc) is 2.85. The minimum Gasteiger partial charge on any atom is -0.324 e. The van der Waals surface area contributed by atoms with Crippen LogP contribution in [0.5, 0.6) is 0 Å². The number of fused-ring (bicyclic) bond motifs is 2. The second-order valence-corrected chi connectivity index (χ2v) is 8.80. The van der Waals surface area contributed by atoms with Gasteiger partial charge >= 0.3 is 0 Å². The number of halogens is 1. The molecule has 0 aliphatic carbocycles. The summed E-state index contributed by atoms with van der Waals surface area (Å²) in [6.45, 7) is 0. The van der Waals surface area contributed by atoms with Crippen molar-refractivity contribution in [2.45, 2.75) is 49.6 Å². The zero-order valence-electron chi connectivity index (χ0n) is 16.3. The largest absolute Gasteiger partial charge is 0.324 e. The highest BCUT2D eigenvalue weighted by atomic mass is 79.9. The molecule has 2 aliphatic rings. The Morgan fingerprint density at radius 1 is 0.889 bits per heavy atom. The van der Waals surface area contributed by atoms with Crippen LogP contribution in [0, 0.1) is 17.2 Å². The molecule has 2 nitrogen and oxygen atoms in total. The van der Waals surface area contributed by atoms with Crippen molar-refractivity contribution < 1.29 is 4.48 Å². The molecule has 0 radical (unpaired) electrons. The molecule has 3 heteroatoms. The highest BCUT2D eigenvalue weighted by Crippen LogP contribution is 2.47. The van der Waals surface area contributed by atoms with Crippen molar-refractivity contribution in [3.05, 3.63) is 71.8 Å². The summed E-state index contributed by atoms with van der Waals surface area (Å²) in [6.07, 6.45) is 6.15. The fourth-order valence-corrected chi connectivity index (χ4v) is 5.62. The Morgan fingerprint density at radius 2 is 1.33 bits per heavy atom. The Balaban J connectivity index is 0.00000210. The fourth-order valence-electron chi connectivity index (χ4n) is 5.62. The number of nitrogens with zero attached hydrogens (tertiary/aromatic N) is 2. The van der Waals surface area contributed by atoms with E-state index in [4.69, 9.17) is 0 Å². The number of quaternary nitrogens is 1. The molecule has 2 bridgehead atoms. The van der Waals surface area contributed by atoms with Gasteiger partial charge in [0.25, 0.3) is 0 Å². The number of hydrogen-bond donors (Lipinski definition) is 0. The molecule has 2 heterocycles. The minimum absolute atomic E-state index is 0. The summed E-state index contributed by atoms with van der Waals surface area (Å²) < 4.78 is 1.19. The van der Waals surface area contributed by atoms with E-state index in [2.05, 4.69) is 68.7 Å². The maximum atomic E-state index is 10.4. The third-order valence-corrected chi connectivity index (χ3v) is 7.25. The van der Waals surface area contributed by atoms with Crippen LogP contribution in [0.3, 0.4) is 0 Å². The fraction of sp³-hybridized carbons (Fsp3) is 0.458. The van der Waals surface area contributed by atoms with E-state index < -0.39 is 5.41 Å². The first-order valence-corrected chi connectivity index (χ1v) is 9.92. The molecule has 142 valence electrons. The Labute approximate surface area is 174 Å². The monoisotopic (exact) mass is 425 g/mol. The van der Waals surface area contributed by atoms with Gasteiger partial charge in [0.1, 0.15) is 5.41 Å². The minimum atomic E-state index is -0.541. The first kappa shape index (κ1) is 20.1. The molecular weight excluding hydrogens is 396 g/mol. The van der Waals surface area contributed by atoms with Crippen molar-refractivity contribution in [1.29, 1.82) is 5.26 Å². The van der Waals surface area contributed by atoms with Crippen LogP contribution in [0.4, 0.5) is 0 Å². The number of benzene rings is 2. The van der Waals surface area contributed by atoms with E-state index in [9.17, 15) is 5.26 Å². The van der Waals surface area contributed by atoms with E-state index in [0.29, 0.717) is 5.92 Å². The van der Waals surface area contributed by atoms with Crippen LogP contribution in [0.2, 0.25) is 0 Å². The van der Waals surface area contributed by atoms with Crippen LogP contribution >= 0.6 is 17.0 Å². The maximum absolute atomic E-state index is 10.4.